The number of anilines is 1. The van der Waals surface area contributed by atoms with Crippen LogP contribution < -0.4 is 14.5 Å². The van der Waals surface area contributed by atoms with Gasteiger partial charge in [0.15, 0.2) is 0 Å². The fraction of sp³-hybridized carbons (Fsp3) is 0.167. The van der Waals surface area contributed by atoms with Gasteiger partial charge in [-0.1, -0.05) is 35.9 Å². The van der Waals surface area contributed by atoms with E-state index in [4.69, 9.17) is 16.3 Å². The highest BCUT2D eigenvalue weighted by atomic mass is 35.5. The molecule has 1 saturated heterocycles. The first-order valence-electron chi connectivity index (χ1n) is 10.4. The molecule has 176 valence electrons. The molecule has 1 heterocycles. The van der Waals surface area contributed by atoms with Crippen LogP contribution in [0.4, 0.5) is 5.69 Å². The van der Waals surface area contributed by atoms with Gasteiger partial charge in [-0.25, -0.2) is 13.8 Å². The molecular weight excluding hydrogens is 494 g/mol. The Hall–Kier alpha value is -3.01. The van der Waals surface area contributed by atoms with E-state index in [2.05, 4.69) is 10.5 Å². The minimum Gasteiger partial charge on any atom is -0.489 e. The zero-order chi connectivity index (χ0) is 24.0. The number of hydrazone groups is 1. The Labute approximate surface area is 207 Å². The second-order valence-corrected chi connectivity index (χ2v) is 10.8. The van der Waals surface area contributed by atoms with Gasteiger partial charge in [0.1, 0.15) is 18.4 Å². The summed E-state index contributed by atoms with van der Waals surface area (Å²) in [6.45, 7) is -0.471. The van der Waals surface area contributed by atoms with Crippen molar-refractivity contribution in [1.82, 2.24) is 5.43 Å². The van der Waals surface area contributed by atoms with Gasteiger partial charge in [0.25, 0.3) is 15.9 Å². The first-order chi connectivity index (χ1) is 16.4. The van der Waals surface area contributed by atoms with Crippen LogP contribution in [0.15, 0.2) is 88.9 Å². The molecule has 3 aromatic carbocycles. The molecule has 0 radical (unpaired) electrons. The minimum absolute atomic E-state index is 0.0640. The molecule has 1 fully saturated rings. The van der Waals surface area contributed by atoms with E-state index in [9.17, 15) is 13.2 Å². The number of halogens is 1. The SMILES string of the molecule is O=C(CN(c1cccc(Cl)c1)S(=O)(=O)c1ccccc1)N/N=C/c1ccc(OC2CSC2)cc1. The molecule has 3 aromatic rings. The van der Waals surface area contributed by atoms with E-state index in [0.29, 0.717) is 5.02 Å². The van der Waals surface area contributed by atoms with Gasteiger partial charge in [0.05, 0.1) is 16.8 Å². The average molecular weight is 516 g/mol. The summed E-state index contributed by atoms with van der Waals surface area (Å²) in [7, 11) is -4.01. The molecule has 7 nitrogen and oxygen atoms in total. The van der Waals surface area contributed by atoms with Crippen LogP contribution in [-0.2, 0) is 14.8 Å². The third-order valence-electron chi connectivity index (χ3n) is 4.91. The fourth-order valence-corrected chi connectivity index (χ4v) is 5.30. The lowest BCUT2D eigenvalue weighted by Gasteiger charge is -2.25. The summed E-state index contributed by atoms with van der Waals surface area (Å²) < 4.78 is 33.3. The molecule has 0 unspecified atom stereocenters. The van der Waals surface area contributed by atoms with Crippen molar-refractivity contribution in [3.05, 3.63) is 89.4 Å². The van der Waals surface area contributed by atoms with Gasteiger partial charge in [0, 0.05) is 16.5 Å². The minimum atomic E-state index is -4.01. The van der Waals surface area contributed by atoms with Crippen molar-refractivity contribution in [3.8, 4) is 5.75 Å². The van der Waals surface area contributed by atoms with E-state index in [0.717, 1.165) is 27.1 Å². The number of nitrogens with zero attached hydrogens (tertiary/aromatic N) is 2. The van der Waals surface area contributed by atoms with Crippen molar-refractivity contribution in [2.75, 3.05) is 22.4 Å². The van der Waals surface area contributed by atoms with Crippen LogP contribution in [0.2, 0.25) is 5.02 Å². The smallest absolute Gasteiger partial charge is 0.264 e. The number of nitrogens with one attached hydrogen (secondary N) is 1. The van der Waals surface area contributed by atoms with E-state index in [1.807, 2.05) is 36.0 Å². The monoisotopic (exact) mass is 515 g/mol. The number of thioether (sulfide) groups is 1. The van der Waals surface area contributed by atoms with Crippen LogP contribution in [-0.4, -0.2) is 44.7 Å². The number of rotatable bonds is 9. The van der Waals surface area contributed by atoms with Gasteiger partial charge in [-0.3, -0.25) is 9.10 Å². The van der Waals surface area contributed by atoms with Gasteiger partial charge in [0.2, 0.25) is 0 Å². The van der Waals surface area contributed by atoms with E-state index in [1.165, 1.54) is 24.4 Å². The first kappa shape index (κ1) is 24.1. The molecule has 4 rings (SSSR count). The third-order valence-corrected chi connectivity index (χ3v) is 8.15. The number of carbonyl (C=O) groups excluding carboxylic acids is 1. The van der Waals surface area contributed by atoms with Crippen molar-refractivity contribution in [2.45, 2.75) is 11.0 Å². The highest BCUT2D eigenvalue weighted by Crippen LogP contribution is 2.26. The molecule has 1 N–H and O–H groups in total. The summed E-state index contributed by atoms with van der Waals surface area (Å²) in [4.78, 5) is 12.7. The van der Waals surface area contributed by atoms with Gasteiger partial charge in [-0.05, 0) is 60.2 Å². The third kappa shape index (κ3) is 6.11. The molecule has 1 aliphatic rings. The maximum atomic E-state index is 13.3. The fourth-order valence-electron chi connectivity index (χ4n) is 3.12. The maximum Gasteiger partial charge on any atom is 0.264 e. The van der Waals surface area contributed by atoms with Crippen molar-refractivity contribution in [3.63, 3.8) is 0 Å². The molecule has 0 spiro atoms. The summed E-state index contributed by atoms with van der Waals surface area (Å²) in [5.74, 6) is 2.19. The van der Waals surface area contributed by atoms with Gasteiger partial charge >= 0.3 is 0 Å². The Balaban J connectivity index is 1.44. The van der Waals surface area contributed by atoms with Crippen LogP contribution in [0, 0.1) is 0 Å². The van der Waals surface area contributed by atoms with Crippen LogP contribution in [0.3, 0.4) is 0 Å². The molecule has 0 aliphatic carbocycles. The molecule has 34 heavy (non-hydrogen) atoms. The predicted molar refractivity (Wildman–Crippen MR) is 136 cm³/mol. The van der Waals surface area contributed by atoms with E-state index < -0.39 is 22.5 Å². The van der Waals surface area contributed by atoms with Crippen LogP contribution in [0.5, 0.6) is 5.75 Å². The van der Waals surface area contributed by atoms with Crippen molar-refractivity contribution >= 4 is 51.2 Å². The topological polar surface area (TPSA) is 88.1 Å². The normalized spacial score (nSPS) is 13.9. The number of carbonyl (C=O) groups is 1. The summed E-state index contributed by atoms with van der Waals surface area (Å²) in [6, 6.07) is 21.6. The summed E-state index contributed by atoms with van der Waals surface area (Å²) in [5.41, 5.74) is 3.43. The van der Waals surface area contributed by atoms with Crippen molar-refractivity contribution in [1.29, 1.82) is 0 Å². The zero-order valence-electron chi connectivity index (χ0n) is 18.0. The van der Waals surface area contributed by atoms with Crippen LogP contribution in [0.25, 0.3) is 0 Å². The van der Waals surface area contributed by atoms with E-state index in [1.54, 1.807) is 36.4 Å². The number of hydrogen-bond donors (Lipinski definition) is 1. The predicted octanol–water partition coefficient (Wildman–Crippen LogP) is 4.18. The Kier molecular flexibility index (Phi) is 7.77. The molecule has 0 aromatic heterocycles. The zero-order valence-corrected chi connectivity index (χ0v) is 20.4. The van der Waals surface area contributed by atoms with Gasteiger partial charge < -0.3 is 4.74 Å². The van der Waals surface area contributed by atoms with Crippen molar-refractivity contribution < 1.29 is 17.9 Å². The molecule has 10 heteroatoms. The van der Waals surface area contributed by atoms with E-state index in [-0.39, 0.29) is 16.7 Å². The number of benzene rings is 3. The molecule has 1 amide bonds. The quantitative estimate of drug-likeness (QED) is 0.341. The number of amides is 1. The molecule has 0 saturated carbocycles. The Morgan fingerprint density at radius 1 is 1.09 bits per heavy atom. The summed E-state index contributed by atoms with van der Waals surface area (Å²) in [6.07, 6.45) is 1.74. The highest BCUT2D eigenvalue weighted by Gasteiger charge is 2.27. The lowest BCUT2D eigenvalue weighted by Crippen LogP contribution is -2.39. The lowest BCUT2D eigenvalue weighted by molar-refractivity contribution is -0.119. The second kappa shape index (κ2) is 10.9. The molecule has 0 bridgehead atoms. The largest absolute Gasteiger partial charge is 0.489 e. The first-order valence-corrected chi connectivity index (χ1v) is 13.4. The number of ether oxygens (including phenoxy) is 1. The highest BCUT2D eigenvalue weighted by molar-refractivity contribution is 8.00. The van der Waals surface area contributed by atoms with Crippen LogP contribution >= 0.6 is 23.4 Å². The Morgan fingerprint density at radius 3 is 2.47 bits per heavy atom. The molecular formula is C24H22ClN3O4S2. The Morgan fingerprint density at radius 2 is 1.82 bits per heavy atom. The molecule has 1 aliphatic heterocycles. The average Bonchev–Trinajstić information content (AvgIpc) is 2.81. The summed E-state index contributed by atoms with van der Waals surface area (Å²) in [5, 5.41) is 4.32. The second-order valence-electron chi connectivity index (χ2n) is 7.44. The van der Waals surface area contributed by atoms with Gasteiger partial charge in [-0.15, -0.1) is 0 Å². The van der Waals surface area contributed by atoms with Crippen LogP contribution in [0.1, 0.15) is 5.56 Å². The van der Waals surface area contributed by atoms with Crippen molar-refractivity contribution in [2.24, 2.45) is 5.10 Å². The Bertz CT molecular complexity index is 1260. The number of hydrogen-bond acceptors (Lipinski definition) is 6. The molecule has 0 atom stereocenters. The summed E-state index contributed by atoms with van der Waals surface area (Å²) >= 11 is 7.92. The number of sulfonamides is 1. The van der Waals surface area contributed by atoms with E-state index >= 15 is 0 Å². The van der Waals surface area contributed by atoms with Gasteiger partial charge in [-0.2, -0.15) is 16.9 Å². The lowest BCUT2D eigenvalue weighted by atomic mass is 10.2. The maximum absolute atomic E-state index is 13.3. The standard InChI is InChI=1S/C24H22ClN3O4S2/c25-19-5-4-6-20(13-19)28(34(30,31)23-7-2-1-3-8-23)15-24(29)27-26-14-18-9-11-21(12-10-18)32-22-16-33-17-22/h1-14,22H,15-17H2,(H,27,29)/b26-14+.